The molecule has 0 spiro atoms. The minimum atomic E-state index is -4.34. The van der Waals surface area contributed by atoms with E-state index in [0.29, 0.717) is 21.9 Å². The summed E-state index contributed by atoms with van der Waals surface area (Å²) >= 11 is 6.58. The van der Waals surface area contributed by atoms with Gasteiger partial charge in [-0.25, -0.2) is 17.1 Å². The van der Waals surface area contributed by atoms with Gasteiger partial charge in [-0.15, -0.1) is 0 Å². The van der Waals surface area contributed by atoms with E-state index in [0.717, 1.165) is 4.31 Å². The van der Waals surface area contributed by atoms with Gasteiger partial charge < -0.3 is 9.26 Å². The Balaban J connectivity index is 1.72. The summed E-state index contributed by atoms with van der Waals surface area (Å²) < 4.78 is 53.4. The standard InChI is InChI=1S/C26H16ClFN4O4S/c1-35-25-11-22(16-3-2-4-19(28)9-16)23(27)12-24(25)32(26-7-8-36-31-26)37(33,34)20-6-5-17-14-30-15-18(13-29)21(17)10-20/h2-12,14-15H,1H3. The van der Waals surface area contributed by atoms with E-state index in [1.165, 1.54) is 74.3 Å². The van der Waals surface area contributed by atoms with Crippen LogP contribution in [0.1, 0.15) is 5.56 Å². The molecule has 0 amide bonds. The highest BCUT2D eigenvalue weighted by Crippen LogP contribution is 2.43. The molecule has 0 fully saturated rings. The van der Waals surface area contributed by atoms with Crippen molar-refractivity contribution in [1.82, 2.24) is 10.1 Å². The summed E-state index contributed by atoms with van der Waals surface area (Å²) in [7, 11) is -2.97. The van der Waals surface area contributed by atoms with Crippen LogP contribution < -0.4 is 9.04 Å². The predicted octanol–water partition coefficient (Wildman–Crippen LogP) is 6.09. The van der Waals surface area contributed by atoms with Gasteiger partial charge in [-0.05, 0) is 42.0 Å². The molecule has 184 valence electrons. The van der Waals surface area contributed by atoms with Gasteiger partial charge in [-0.3, -0.25) is 4.98 Å². The minimum absolute atomic E-state index is 0.0526. The maximum Gasteiger partial charge on any atom is 0.270 e. The van der Waals surface area contributed by atoms with E-state index in [9.17, 15) is 18.1 Å². The molecule has 11 heteroatoms. The lowest BCUT2D eigenvalue weighted by Crippen LogP contribution is -2.27. The lowest BCUT2D eigenvalue weighted by Gasteiger charge is -2.25. The van der Waals surface area contributed by atoms with Gasteiger partial charge in [0.25, 0.3) is 10.0 Å². The molecular formula is C26H16ClFN4O4S. The van der Waals surface area contributed by atoms with Crippen molar-refractivity contribution in [3.05, 3.63) is 95.7 Å². The van der Waals surface area contributed by atoms with Gasteiger partial charge in [-0.1, -0.05) is 35.0 Å². The van der Waals surface area contributed by atoms with Gasteiger partial charge in [0.05, 0.1) is 22.6 Å². The van der Waals surface area contributed by atoms with Gasteiger partial charge in [0, 0.05) is 34.8 Å². The molecule has 0 saturated carbocycles. The Hall–Kier alpha value is -4.46. The average Bonchev–Trinajstić information content (AvgIpc) is 3.42. The Morgan fingerprint density at radius 1 is 1.11 bits per heavy atom. The van der Waals surface area contributed by atoms with Crippen molar-refractivity contribution in [3.63, 3.8) is 0 Å². The number of anilines is 2. The summed E-state index contributed by atoms with van der Waals surface area (Å²) in [6.07, 6.45) is 4.13. The lowest BCUT2D eigenvalue weighted by molar-refractivity contribution is 0.414. The number of halogens is 2. The molecule has 0 radical (unpaired) electrons. The Labute approximate surface area is 216 Å². The molecule has 37 heavy (non-hydrogen) atoms. The largest absolute Gasteiger partial charge is 0.495 e. The first kappa shape index (κ1) is 24.2. The molecule has 0 bridgehead atoms. The first-order chi connectivity index (χ1) is 17.8. The van der Waals surface area contributed by atoms with Crippen LogP contribution in [0.15, 0.2) is 88.7 Å². The highest BCUT2D eigenvalue weighted by molar-refractivity contribution is 7.93. The van der Waals surface area contributed by atoms with Gasteiger partial charge in [0.2, 0.25) is 0 Å². The quantitative estimate of drug-likeness (QED) is 0.259. The van der Waals surface area contributed by atoms with Gasteiger partial charge in [-0.2, -0.15) is 5.26 Å². The molecule has 8 nitrogen and oxygen atoms in total. The number of nitriles is 1. The summed E-state index contributed by atoms with van der Waals surface area (Å²) in [5.41, 5.74) is 1.20. The van der Waals surface area contributed by atoms with Crippen LogP contribution in [0.5, 0.6) is 5.75 Å². The normalized spacial score (nSPS) is 11.3. The molecule has 0 unspecified atom stereocenters. The number of sulfonamides is 1. The lowest BCUT2D eigenvalue weighted by atomic mass is 10.0. The summed E-state index contributed by atoms with van der Waals surface area (Å²) in [6, 6.07) is 16.5. The number of aromatic nitrogens is 2. The molecule has 0 aliphatic rings. The van der Waals surface area contributed by atoms with Crippen LogP contribution >= 0.6 is 11.6 Å². The second kappa shape index (κ2) is 9.54. The van der Waals surface area contributed by atoms with E-state index in [1.54, 1.807) is 12.1 Å². The Kier molecular flexibility index (Phi) is 6.25. The second-order valence-corrected chi connectivity index (χ2v) is 10.0. The average molecular weight is 535 g/mol. The first-order valence-corrected chi connectivity index (χ1v) is 12.5. The third-order valence-electron chi connectivity index (χ3n) is 5.65. The summed E-state index contributed by atoms with van der Waals surface area (Å²) in [4.78, 5) is 3.90. The van der Waals surface area contributed by atoms with Crippen molar-refractivity contribution in [2.24, 2.45) is 0 Å². The van der Waals surface area contributed by atoms with Gasteiger partial charge in [0.15, 0.2) is 5.82 Å². The molecule has 3 aromatic carbocycles. The van der Waals surface area contributed by atoms with Crippen LogP contribution in [0.25, 0.3) is 21.9 Å². The summed E-state index contributed by atoms with van der Waals surface area (Å²) in [5.74, 6) is -0.368. The molecule has 2 heterocycles. The monoisotopic (exact) mass is 534 g/mol. The fraction of sp³-hybridized carbons (Fsp3) is 0.0385. The maximum absolute atomic E-state index is 14.1. The van der Waals surface area contributed by atoms with Crippen molar-refractivity contribution >= 4 is 43.9 Å². The zero-order chi connectivity index (χ0) is 26.2. The molecule has 0 N–H and O–H groups in total. The number of ether oxygens (including phenoxy) is 1. The van der Waals surface area contributed by atoms with Crippen LogP contribution in [-0.2, 0) is 10.0 Å². The summed E-state index contributed by atoms with van der Waals surface area (Å²) in [6.45, 7) is 0. The number of nitrogens with zero attached hydrogens (tertiary/aromatic N) is 4. The zero-order valence-corrected chi connectivity index (χ0v) is 20.7. The maximum atomic E-state index is 14.1. The number of rotatable bonds is 6. The van der Waals surface area contributed by atoms with Crippen molar-refractivity contribution in [2.45, 2.75) is 4.90 Å². The highest BCUT2D eigenvalue weighted by Gasteiger charge is 2.32. The van der Waals surface area contributed by atoms with Gasteiger partial charge in [0.1, 0.15) is 29.6 Å². The van der Waals surface area contributed by atoms with Crippen LogP contribution in [0.4, 0.5) is 15.9 Å². The smallest absolute Gasteiger partial charge is 0.270 e. The SMILES string of the molecule is COc1cc(-c2cccc(F)c2)c(Cl)cc1N(c1ccon1)S(=O)(=O)c1ccc2cncc(C#N)c2c1. The highest BCUT2D eigenvalue weighted by atomic mass is 35.5. The van der Waals surface area contributed by atoms with Crippen molar-refractivity contribution in [3.8, 4) is 22.9 Å². The van der Waals surface area contributed by atoms with Crippen LogP contribution in [-0.4, -0.2) is 25.7 Å². The van der Waals surface area contributed by atoms with E-state index < -0.39 is 15.8 Å². The topological polar surface area (TPSA) is 109 Å². The number of methoxy groups -OCH3 is 1. The molecule has 5 aromatic rings. The fourth-order valence-corrected chi connectivity index (χ4v) is 5.65. The van der Waals surface area contributed by atoms with E-state index in [2.05, 4.69) is 10.1 Å². The predicted molar refractivity (Wildman–Crippen MR) is 136 cm³/mol. The van der Waals surface area contributed by atoms with Crippen molar-refractivity contribution in [2.75, 3.05) is 11.4 Å². The molecule has 2 aromatic heterocycles. The zero-order valence-electron chi connectivity index (χ0n) is 19.1. The number of pyridine rings is 1. The van der Waals surface area contributed by atoms with E-state index in [4.69, 9.17) is 20.9 Å². The molecule has 0 atom stereocenters. The minimum Gasteiger partial charge on any atom is -0.495 e. The fourth-order valence-electron chi connectivity index (χ4n) is 3.93. The number of fused-ring (bicyclic) bond motifs is 1. The number of benzene rings is 3. The molecule has 0 saturated heterocycles. The number of hydrogen-bond acceptors (Lipinski definition) is 7. The van der Waals surface area contributed by atoms with E-state index >= 15 is 0 Å². The van der Waals surface area contributed by atoms with Crippen LogP contribution in [0.2, 0.25) is 5.02 Å². The van der Waals surface area contributed by atoms with Crippen molar-refractivity contribution in [1.29, 1.82) is 5.26 Å². The molecule has 0 aliphatic carbocycles. The van der Waals surface area contributed by atoms with Crippen LogP contribution in [0, 0.1) is 17.1 Å². The molecule has 5 rings (SSSR count). The Bertz CT molecular complexity index is 1790. The summed E-state index contributed by atoms with van der Waals surface area (Å²) in [5, 5.41) is 14.5. The first-order valence-electron chi connectivity index (χ1n) is 10.7. The Morgan fingerprint density at radius 2 is 1.95 bits per heavy atom. The van der Waals surface area contributed by atoms with Crippen LogP contribution in [0.3, 0.4) is 0 Å². The third kappa shape index (κ3) is 4.35. The molecule has 0 aliphatic heterocycles. The van der Waals surface area contributed by atoms with E-state index in [1.807, 2.05) is 6.07 Å². The molecular weight excluding hydrogens is 519 g/mol. The van der Waals surface area contributed by atoms with E-state index in [-0.39, 0.29) is 32.7 Å². The number of hydrogen-bond donors (Lipinski definition) is 0. The second-order valence-electron chi connectivity index (χ2n) is 7.82. The van der Waals surface area contributed by atoms with Crippen molar-refractivity contribution < 1.29 is 22.1 Å². The third-order valence-corrected chi connectivity index (χ3v) is 7.67. The van der Waals surface area contributed by atoms with Gasteiger partial charge >= 0.3 is 0 Å². The Morgan fingerprint density at radius 3 is 2.65 bits per heavy atom.